The Bertz CT molecular complexity index is 310. The summed E-state index contributed by atoms with van der Waals surface area (Å²) in [4.78, 5) is 2.13. The molecule has 5 heteroatoms. The van der Waals surface area contributed by atoms with Crippen LogP contribution in [0, 0.1) is 0 Å². The van der Waals surface area contributed by atoms with E-state index >= 15 is 0 Å². The average Bonchev–Trinajstić information content (AvgIpc) is 2.80. The number of nitrogens with zero attached hydrogens (tertiary/aromatic N) is 1. The van der Waals surface area contributed by atoms with Crippen molar-refractivity contribution in [2.24, 2.45) is 0 Å². The normalized spacial score (nSPS) is 32.1. The molecule has 1 aliphatic carbocycles. The third-order valence-electron chi connectivity index (χ3n) is 5.03. The first-order valence-electron chi connectivity index (χ1n) is 7.35. The predicted molar refractivity (Wildman–Crippen MR) is 70.1 cm³/mol. The number of hydrogen-bond acceptors (Lipinski definition) is 2. The molecule has 1 spiro atoms. The number of alkyl halides is 3. The van der Waals surface area contributed by atoms with Crippen molar-refractivity contribution >= 4 is 0 Å². The zero-order chi connectivity index (χ0) is 14.1. The van der Waals surface area contributed by atoms with Gasteiger partial charge in [0.15, 0.2) is 0 Å². The van der Waals surface area contributed by atoms with Gasteiger partial charge in [-0.1, -0.05) is 19.8 Å². The fourth-order valence-electron chi connectivity index (χ4n) is 3.48. The van der Waals surface area contributed by atoms with E-state index in [1.807, 2.05) is 0 Å². The molecule has 0 aromatic rings. The van der Waals surface area contributed by atoms with E-state index in [4.69, 9.17) is 0 Å². The lowest BCUT2D eigenvalue weighted by atomic mass is 9.85. The van der Waals surface area contributed by atoms with Gasteiger partial charge < -0.3 is 5.32 Å². The molecule has 2 fully saturated rings. The van der Waals surface area contributed by atoms with Crippen molar-refractivity contribution in [1.29, 1.82) is 0 Å². The van der Waals surface area contributed by atoms with Crippen LogP contribution in [0.4, 0.5) is 13.2 Å². The third kappa shape index (κ3) is 3.43. The molecule has 0 aromatic carbocycles. The molecule has 1 aliphatic heterocycles. The van der Waals surface area contributed by atoms with Crippen LogP contribution in [-0.2, 0) is 0 Å². The Morgan fingerprint density at radius 3 is 2.37 bits per heavy atom. The van der Waals surface area contributed by atoms with Gasteiger partial charge in [0.2, 0.25) is 0 Å². The summed E-state index contributed by atoms with van der Waals surface area (Å²) < 4.78 is 37.6. The van der Waals surface area contributed by atoms with Gasteiger partial charge in [-0.3, -0.25) is 4.90 Å². The number of hydrogen-bond donors (Lipinski definition) is 1. The van der Waals surface area contributed by atoms with Gasteiger partial charge in [-0.15, -0.1) is 0 Å². The van der Waals surface area contributed by atoms with Crippen LogP contribution in [0.15, 0.2) is 0 Å². The van der Waals surface area contributed by atoms with E-state index in [1.165, 1.54) is 0 Å². The van der Waals surface area contributed by atoms with E-state index in [9.17, 15) is 13.2 Å². The molecule has 2 rings (SSSR count). The third-order valence-corrected chi connectivity index (χ3v) is 5.03. The molecule has 0 aromatic heterocycles. The molecule has 1 saturated carbocycles. The van der Waals surface area contributed by atoms with E-state index in [0.29, 0.717) is 0 Å². The first kappa shape index (κ1) is 15.1. The molecule has 1 atom stereocenters. The Morgan fingerprint density at radius 2 is 1.84 bits per heavy atom. The van der Waals surface area contributed by atoms with E-state index in [1.54, 1.807) is 0 Å². The fraction of sp³-hybridized carbons (Fsp3) is 1.00. The summed E-state index contributed by atoms with van der Waals surface area (Å²) in [5, 5.41) is 3.58. The highest BCUT2D eigenvalue weighted by Gasteiger charge is 2.47. The maximum atomic E-state index is 12.5. The van der Waals surface area contributed by atoms with Gasteiger partial charge in [-0.05, 0) is 26.2 Å². The van der Waals surface area contributed by atoms with Crippen LogP contribution in [0.2, 0.25) is 0 Å². The van der Waals surface area contributed by atoms with E-state index in [0.717, 1.165) is 45.2 Å². The number of nitrogens with one attached hydrogen (secondary N) is 1. The van der Waals surface area contributed by atoms with Gasteiger partial charge in [0.05, 0.1) is 6.42 Å². The molecule has 2 aliphatic rings. The highest BCUT2D eigenvalue weighted by molar-refractivity contribution is 5.05. The van der Waals surface area contributed by atoms with Gasteiger partial charge in [0.25, 0.3) is 0 Å². The van der Waals surface area contributed by atoms with Crippen LogP contribution in [0.1, 0.15) is 52.4 Å². The lowest BCUT2D eigenvalue weighted by molar-refractivity contribution is -0.144. The molecule has 19 heavy (non-hydrogen) atoms. The van der Waals surface area contributed by atoms with Crippen molar-refractivity contribution in [3.63, 3.8) is 0 Å². The fourth-order valence-corrected chi connectivity index (χ4v) is 3.48. The van der Waals surface area contributed by atoms with E-state index < -0.39 is 12.6 Å². The summed E-state index contributed by atoms with van der Waals surface area (Å²) in [5.74, 6) is 0. The second-order valence-corrected chi connectivity index (χ2v) is 6.49. The summed E-state index contributed by atoms with van der Waals surface area (Å²) in [5.41, 5.74) is -0.0562. The van der Waals surface area contributed by atoms with Crippen LogP contribution in [0.25, 0.3) is 0 Å². The topological polar surface area (TPSA) is 15.3 Å². The van der Waals surface area contributed by atoms with Gasteiger partial charge in [0.1, 0.15) is 0 Å². The van der Waals surface area contributed by atoms with Crippen molar-refractivity contribution in [2.75, 3.05) is 19.6 Å². The maximum absolute atomic E-state index is 12.5. The van der Waals surface area contributed by atoms with Crippen molar-refractivity contribution in [3.05, 3.63) is 0 Å². The minimum Gasteiger partial charge on any atom is -0.308 e. The minimum absolute atomic E-state index is 0.0140. The van der Waals surface area contributed by atoms with Crippen LogP contribution in [0.3, 0.4) is 0 Å². The second kappa shape index (κ2) is 5.24. The number of piperazine rings is 1. The zero-order valence-corrected chi connectivity index (χ0v) is 11.9. The molecule has 0 amide bonds. The van der Waals surface area contributed by atoms with E-state index in [2.05, 4.69) is 24.1 Å². The van der Waals surface area contributed by atoms with Crippen molar-refractivity contribution in [3.8, 4) is 0 Å². The molecule has 1 saturated heterocycles. The number of halogens is 3. The first-order chi connectivity index (χ1) is 8.79. The van der Waals surface area contributed by atoms with Gasteiger partial charge in [0, 0.05) is 30.7 Å². The standard InChI is InChI=1S/C14H25F3N2/c1-3-12(2)11-19(9-8-14(15,16)17)13(10-18-12)6-4-5-7-13/h18H,3-11H2,1-2H3. The lowest BCUT2D eigenvalue weighted by Gasteiger charge is -2.52. The molecular weight excluding hydrogens is 253 g/mol. The Hall–Kier alpha value is -0.290. The summed E-state index contributed by atoms with van der Waals surface area (Å²) >= 11 is 0. The van der Waals surface area contributed by atoms with Crippen molar-refractivity contribution in [1.82, 2.24) is 10.2 Å². The Labute approximate surface area is 113 Å². The Balaban J connectivity index is 2.07. The molecule has 1 unspecified atom stereocenters. The van der Waals surface area contributed by atoms with Gasteiger partial charge in [-0.2, -0.15) is 13.2 Å². The maximum Gasteiger partial charge on any atom is 0.390 e. The van der Waals surface area contributed by atoms with Crippen LogP contribution >= 0.6 is 0 Å². The first-order valence-corrected chi connectivity index (χ1v) is 7.35. The van der Waals surface area contributed by atoms with Crippen molar-refractivity contribution in [2.45, 2.75) is 69.6 Å². The SMILES string of the molecule is CCC1(C)CN(CCC(F)(F)F)C2(CCCC2)CN1. The minimum atomic E-state index is -4.05. The molecule has 112 valence electrons. The van der Waals surface area contributed by atoms with Gasteiger partial charge >= 0.3 is 6.18 Å². The highest BCUT2D eigenvalue weighted by atomic mass is 19.4. The van der Waals surface area contributed by atoms with Gasteiger partial charge in [-0.25, -0.2) is 0 Å². The molecule has 0 bridgehead atoms. The quantitative estimate of drug-likeness (QED) is 0.852. The van der Waals surface area contributed by atoms with Crippen LogP contribution < -0.4 is 5.32 Å². The molecule has 2 nitrogen and oxygen atoms in total. The monoisotopic (exact) mass is 278 g/mol. The summed E-state index contributed by atoms with van der Waals surface area (Å²) in [6, 6.07) is 0. The molecule has 1 heterocycles. The lowest BCUT2D eigenvalue weighted by Crippen LogP contribution is -2.68. The van der Waals surface area contributed by atoms with E-state index in [-0.39, 0.29) is 17.6 Å². The second-order valence-electron chi connectivity index (χ2n) is 6.49. The molecule has 1 N–H and O–H groups in total. The average molecular weight is 278 g/mol. The summed E-state index contributed by atoms with van der Waals surface area (Å²) in [6.45, 7) is 5.95. The summed E-state index contributed by atoms with van der Waals surface area (Å²) in [7, 11) is 0. The Morgan fingerprint density at radius 1 is 1.21 bits per heavy atom. The van der Waals surface area contributed by atoms with Crippen LogP contribution in [-0.4, -0.2) is 41.8 Å². The predicted octanol–water partition coefficient (Wildman–Crippen LogP) is 3.33. The summed E-state index contributed by atoms with van der Waals surface area (Å²) in [6.07, 6.45) is 0.586. The Kier molecular flexibility index (Phi) is 4.17. The zero-order valence-electron chi connectivity index (χ0n) is 11.9. The number of rotatable bonds is 3. The molecule has 0 radical (unpaired) electrons. The van der Waals surface area contributed by atoms with Crippen molar-refractivity contribution < 1.29 is 13.2 Å². The largest absolute Gasteiger partial charge is 0.390 e. The highest BCUT2D eigenvalue weighted by Crippen LogP contribution is 2.39. The smallest absolute Gasteiger partial charge is 0.308 e. The van der Waals surface area contributed by atoms with Crippen LogP contribution in [0.5, 0.6) is 0 Å². The molecular formula is C14H25F3N2.